The SMILES string of the molecule is COc1ccc(-n2ncc3c2CC(C)(C)CC3NC(=O)NC(C)(C)C)cc1. The van der Waals surface area contributed by atoms with Crippen LogP contribution in [0, 0.1) is 5.41 Å². The van der Waals surface area contributed by atoms with E-state index in [-0.39, 0.29) is 23.0 Å². The second kappa shape index (κ2) is 6.91. The van der Waals surface area contributed by atoms with Crippen molar-refractivity contribution in [2.45, 2.75) is 59.0 Å². The third-order valence-corrected chi connectivity index (χ3v) is 4.79. The lowest BCUT2D eigenvalue weighted by molar-refractivity contribution is 0.213. The first kappa shape index (κ1) is 19.3. The van der Waals surface area contributed by atoms with Crippen LogP contribution in [0.25, 0.3) is 5.69 Å². The number of hydrogen-bond donors (Lipinski definition) is 2. The minimum atomic E-state index is -0.273. The van der Waals surface area contributed by atoms with Crippen molar-refractivity contribution < 1.29 is 9.53 Å². The van der Waals surface area contributed by atoms with Gasteiger partial charge in [0.05, 0.1) is 30.7 Å². The molecule has 1 atom stereocenters. The number of amides is 2. The fraction of sp³-hybridized carbons (Fsp3) is 0.524. The first-order chi connectivity index (χ1) is 12.6. The number of carbonyl (C=O) groups is 1. The second-order valence-electron chi connectivity index (χ2n) is 9.10. The van der Waals surface area contributed by atoms with Crippen LogP contribution < -0.4 is 15.4 Å². The van der Waals surface area contributed by atoms with Gasteiger partial charge >= 0.3 is 6.03 Å². The first-order valence-corrected chi connectivity index (χ1v) is 9.38. The van der Waals surface area contributed by atoms with Gasteiger partial charge in [-0.05, 0) is 63.3 Å². The van der Waals surface area contributed by atoms with Crippen molar-refractivity contribution >= 4 is 6.03 Å². The maximum Gasteiger partial charge on any atom is 0.315 e. The molecule has 1 aliphatic rings. The number of methoxy groups -OCH3 is 1. The average molecular weight is 370 g/mol. The van der Waals surface area contributed by atoms with Crippen LogP contribution in [-0.4, -0.2) is 28.5 Å². The van der Waals surface area contributed by atoms with E-state index in [0.29, 0.717) is 0 Å². The van der Waals surface area contributed by atoms with Gasteiger partial charge in [-0.15, -0.1) is 0 Å². The Morgan fingerprint density at radius 1 is 1.26 bits per heavy atom. The van der Waals surface area contributed by atoms with Crippen LogP contribution in [0.15, 0.2) is 30.5 Å². The number of rotatable bonds is 3. The van der Waals surface area contributed by atoms with Crippen molar-refractivity contribution in [1.82, 2.24) is 20.4 Å². The van der Waals surface area contributed by atoms with Crippen molar-refractivity contribution in [3.63, 3.8) is 0 Å². The van der Waals surface area contributed by atoms with Crippen molar-refractivity contribution in [2.24, 2.45) is 5.41 Å². The molecule has 1 unspecified atom stereocenters. The van der Waals surface area contributed by atoms with Gasteiger partial charge in [-0.25, -0.2) is 9.48 Å². The van der Waals surface area contributed by atoms with Gasteiger partial charge in [0.25, 0.3) is 0 Å². The molecule has 146 valence electrons. The summed E-state index contributed by atoms with van der Waals surface area (Å²) in [4.78, 5) is 12.4. The topological polar surface area (TPSA) is 68.2 Å². The number of fused-ring (bicyclic) bond motifs is 1. The summed E-state index contributed by atoms with van der Waals surface area (Å²) in [7, 11) is 1.66. The van der Waals surface area contributed by atoms with Crippen LogP contribution in [-0.2, 0) is 6.42 Å². The van der Waals surface area contributed by atoms with Gasteiger partial charge in [-0.1, -0.05) is 13.8 Å². The zero-order valence-electron chi connectivity index (χ0n) is 17.1. The maximum atomic E-state index is 12.4. The van der Waals surface area contributed by atoms with E-state index in [1.807, 2.05) is 55.9 Å². The Hall–Kier alpha value is -2.50. The van der Waals surface area contributed by atoms with Gasteiger partial charge in [-0.2, -0.15) is 5.10 Å². The summed E-state index contributed by atoms with van der Waals surface area (Å²) in [5.74, 6) is 0.818. The number of carbonyl (C=O) groups excluding carboxylic acids is 1. The lowest BCUT2D eigenvalue weighted by Crippen LogP contribution is -2.48. The normalized spacial score (nSPS) is 18.5. The summed E-state index contributed by atoms with van der Waals surface area (Å²) in [5.41, 5.74) is 3.03. The highest BCUT2D eigenvalue weighted by molar-refractivity contribution is 5.75. The molecule has 2 N–H and O–H groups in total. The highest BCUT2D eigenvalue weighted by Crippen LogP contribution is 2.41. The van der Waals surface area contributed by atoms with Crippen LogP contribution in [0.3, 0.4) is 0 Å². The molecule has 0 aliphatic heterocycles. The van der Waals surface area contributed by atoms with Gasteiger partial charge < -0.3 is 15.4 Å². The van der Waals surface area contributed by atoms with Crippen LogP contribution in [0.4, 0.5) is 4.79 Å². The monoisotopic (exact) mass is 370 g/mol. The number of benzene rings is 1. The molecule has 2 aromatic rings. The zero-order valence-corrected chi connectivity index (χ0v) is 17.1. The molecule has 27 heavy (non-hydrogen) atoms. The molecule has 1 aromatic heterocycles. The van der Waals surface area contributed by atoms with Gasteiger partial charge in [0, 0.05) is 11.1 Å². The maximum absolute atomic E-state index is 12.4. The Bertz CT molecular complexity index is 816. The molecule has 2 amide bonds. The number of ether oxygens (including phenoxy) is 1. The van der Waals surface area contributed by atoms with Gasteiger partial charge in [0.2, 0.25) is 0 Å². The number of nitrogens with zero attached hydrogens (tertiary/aromatic N) is 2. The molecular formula is C21H30N4O2. The second-order valence-corrected chi connectivity index (χ2v) is 9.10. The minimum absolute atomic E-state index is 0.0573. The number of urea groups is 1. The van der Waals surface area contributed by atoms with Crippen LogP contribution in [0.5, 0.6) is 5.75 Å². The lowest BCUT2D eigenvalue weighted by atomic mass is 9.74. The molecular weight excluding hydrogens is 340 g/mol. The summed E-state index contributed by atoms with van der Waals surface area (Å²) >= 11 is 0. The fourth-order valence-electron chi connectivity index (χ4n) is 3.65. The van der Waals surface area contributed by atoms with Crippen LogP contribution in [0.1, 0.15) is 58.3 Å². The van der Waals surface area contributed by atoms with Crippen LogP contribution in [0.2, 0.25) is 0 Å². The number of aromatic nitrogens is 2. The van der Waals surface area contributed by atoms with E-state index < -0.39 is 0 Å². The predicted molar refractivity (Wildman–Crippen MR) is 106 cm³/mol. The molecule has 0 radical (unpaired) electrons. The molecule has 1 aliphatic carbocycles. The van der Waals surface area contributed by atoms with E-state index in [4.69, 9.17) is 4.74 Å². The van der Waals surface area contributed by atoms with Gasteiger partial charge in [0.15, 0.2) is 0 Å². The minimum Gasteiger partial charge on any atom is -0.497 e. The van der Waals surface area contributed by atoms with Crippen molar-refractivity contribution in [3.8, 4) is 11.4 Å². The summed E-state index contributed by atoms with van der Waals surface area (Å²) < 4.78 is 7.23. The first-order valence-electron chi connectivity index (χ1n) is 9.38. The van der Waals surface area contributed by atoms with E-state index in [0.717, 1.165) is 35.5 Å². The molecule has 1 aromatic carbocycles. The summed E-state index contributed by atoms with van der Waals surface area (Å²) in [6, 6.07) is 7.67. The molecule has 0 saturated carbocycles. The zero-order chi connectivity index (χ0) is 19.8. The highest BCUT2D eigenvalue weighted by atomic mass is 16.5. The Morgan fingerprint density at radius 3 is 2.52 bits per heavy atom. The number of nitrogens with one attached hydrogen (secondary N) is 2. The third kappa shape index (κ3) is 4.43. The lowest BCUT2D eigenvalue weighted by Gasteiger charge is -2.36. The smallest absolute Gasteiger partial charge is 0.315 e. The third-order valence-electron chi connectivity index (χ3n) is 4.79. The fourth-order valence-corrected chi connectivity index (χ4v) is 3.65. The van der Waals surface area contributed by atoms with Gasteiger partial charge in [0.1, 0.15) is 5.75 Å². The predicted octanol–water partition coefficient (Wildman–Crippen LogP) is 3.99. The van der Waals surface area contributed by atoms with E-state index in [9.17, 15) is 4.79 Å². The molecule has 0 spiro atoms. The number of hydrogen-bond acceptors (Lipinski definition) is 3. The van der Waals surface area contributed by atoms with E-state index in [1.54, 1.807) is 7.11 Å². The standard InChI is InChI=1S/C21H30N4O2/c1-20(2,3)24-19(26)23-17-11-21(4,5)12-18-16(17)13-22-25(18)14-7-9-15(27-6)10-8-14/h7-10,13,17H,11-12H2,1-6H3,(H2,23,24,26). The summed E-state index contributed by atoms with van der Waals surface area (Å²) in [5, 5.41) is 10.8. The van der Waals surface area contributed by atoms with E-state index in [1.165, 1.54) is 0 Å². The molecule has 1 heterocycles. The van der Waals surface area contributed by atoms with Crippen LogP contribution >= 0.6 is 0 Å². The molecule has 6 nitrogen and oxygen atoms in total. The van der Waals surface area contributed by atoms with Gasteiger partial charge in [-0.3, -0.25) is 0 Å². The van der Waals surface area contributed by atoms with Crippen molar-refractivity contribution in [3.05, 3.63) is 41.7 Å². The largest absolute Gasteiger partial charge is 0.497 e. The Morgan fingerprint density at radius 2 is 1.93 bits per heavy atom. The summed E-state index contributed by atoms with van der Waals surface area (Å²) in [6.45, 7) is 10.4. The average Bonchev–Trinajstić information content (AvgIpc) is 2.95. The van der Waals surface area contributed by atoms with E-state index >= 15 is 0 Å². The molecule has 3 rings (SSSR count). The quantitative estimate of drug-likeness (QED) is 0.858. The Balaban J connectivity index is 1.91. The highest BCUT2D eigenvalue weighted by Gasteiger charge is 2.36. The molecule has 0 fully saturated rings. The molecule has 0 saturated heterocycles. The van der Waals surface area contributed by atoms with Crippen molar-refractivity contribution in [1.29, 1.82) is 0 Å². The van der Waals surface area contributed by atoms with Crippen molar-refractivity contribution in [2.75, 3.05) is 7.11 Å². The Kier molecular flexibility index (Phi) is 4.93. The van der Waals surface area contributed by atoms with E-state index in [2.05, 4.69) is 29.6 Å². The molecule has 0 bridgehead atoms. The summed E-state index contributed by atoms with van der Waals surface area (Å²) in [6.07, 6.45) is 3.68. The molecule has 6 heteroatoms. The Labute approximate surface area is 161 Å².